The SMILES string of the molecule is C[C@]12C=CCOC(=O)[C@H]1[C@H]1C(=O)N([C@H](CO)c3ccccc3)C3C(=O)N(Cc4ccccc4)CC=C[C@@]31O2. The molecule has 4 aliphatic rings. The zero-order valence-electron chi connectivity index (χ0n) is 21.1. The summed E-state index contributed by atoms with van der Waals surface area (Å²) in [6.45, 7) is 2.14. The Morgan fingerprint density at radius 2 is 1.66 bits per heavy atom. The smallest absolute Gasteiger partial charge is 0.313 e. The van der Waals surface area contributed by atoms with E-state index in [9.17, 15) is 19.5 Å². The summed E-state index contributed by atoms with van der Waals surface area (Å²) in [5, 5.41) is 10.6. The molecule has 2 saturated heterocycles. The second-order valence-corrected chi connectivity index (χ2v) is 10.5. The van der Waals surface area contributed by atoms with E-state index in [2.05, 4.69) is 0 Å². The molecule has 2 aromatic rings. The highest BCUT2D eigenvalue weighted by Crippen LogP contribution is 2.58. The van der Waals surface area contributed by atoms with Gasteiger partial charge in [-0.15, -0.1) is 0 Å². The van der Waals surface area contributed by atoms with Gasteiger partial charge >= 0.3 is 5.97 Å². The summed E-state index contributed by atoms with van der Waals surface area (Å²) < 4.78 is 12.2. The molecular weight excluding hydrogens is 484 g/mol. The van der Waals surface area contributed by atoms with Crippen LogP contribution in [0.4, 0.5) is 0 Å². The van der Waals surface area contributed by atoms with Gasteiger partial charge in [-0.05, 0) is 24.1 Å². The lowest BCUT2D eigenvalue weighted by Gasteiger charge is -2.40. The van der Waals surface area contributed by atoms with Crippen LogP contribution in [0.1, 0.15) is 24.1 Å². The summed E-state index contributed by atoms with van der Waals surface area (Å²) >= 11 is 0. The van der Waals surface area contributed by atoms with E-state index in [4.69, 9.17) is 9.47 Å². The Labute approximate surface area is 221 Å². The van der Waals surface area contributed by atoms with Crippen molar-refractivity contribution < 1.29 is 29.0 Å². The maximum absolute atomic E-state index is 14.4. The van der Waals surface area contributed by atoms with Crippen molar-refractivity contribution >= 4 is 17.8 Å². The molecule has 6 rings (SSSR count). The molecule has 0 saturated carbocycles. The van der Waals surface area contributed by atoms with Crippen molar-refractivity contribution in [1.29, 1.82) is 0 Å². The minimum atomic E-state index is -1.40. The van der Waals surface area contributed by atoms with Gasteiger partial charge in [0.25, 0.3) is 0 Å². The van der Waals surface area contributed by atoms with Crippen molar-refractivity contribution in [2.75, 3.05) is 19.8 Å². The fourth-order valence-corrected chi connectivity index (χ4v) is 6.65. The molecule has 0 radical (unpaired) electrons. The van der Waals surface area contributed by atoms with E-state index in [0.29, 0.717) is 18.7 Å². The molecule has 2 amide bonds. The van der Waals surface area contributed by atoms with Gasteiger partial charge in [-0.1, -0.05) is 78.9 Å². The molecule has 196 valence electrons. The fourth-order valence-electron chi connectivity index (χ4n) is 6.65. The number of rotatable bonds is 5. The molecule has 38 heavy (non-hydrogen) atoms. The number of likely N-dealkylation sites (tertiary alicyclic amines) is 1. The first-order valence-electron chi connectivity index (χ1n) is 12.9. The Balaban J connectivity index is 1.50. The second-order valence-electron chi connectivity index (χ2n) is 10.5. The number of nitrogens with zero attached hydrogens (tertiary/aromatic N) is 2. The zero-order valence-corrected chi connectivity index (χ0v) is 21.1. The number of carbonyl (C=O) groups is 3. The molecule has 8 heteroatoms. The monoisotopic (exact) mass is 514 g/mol. The van der Waals surface area contributed by atoms with E-state index in [0.717, 1.165) is 5.56 Å². The number of cyclic esters (lactones) is 1. The standard InChI is InChI=1S/C30H30N2O6/c1-29-14-9-17-37-28(36)24(29)23-26(34)32(22(19-33)21-12-6-3-7-13-21)25-27(35)31(16-8-15-30(23,25)38-29)18-20-10-4-2-5-11-20/h2-15,22-25,33H,16-19H2,1H3/t22-,23+,24-,25?,29+,30+/m1/s1. The van der Waals surface area contributed by atoms with Crippen LogP contribution in [0.2, 0.25) is 0 Å². The molecule has 2 aromatic carbocycles. The number of carbonyl (C=O) groups excluding carboxylic acids is 3. The van der Waals surface area contributed by atoms with Crippen LogP contribution in [0, 0.1) is 11.8 Å². The summed E-state index contributed by atoms with van der Waals surface area (Å²) in [5.74, 6) is -3.14. The highest BCUT2D eigenvalue weighted by Gasteiger charge is 2.75. The number of aliphatic hydroxyl groups excluding tert-OH is 1. The number of hydrogen-bond acceptors (Lipinski definition) is 6. The van der Waals surface area contributed by atoms with Crippen LogP contribution in [0.5, 0.6) is 0 Å². The summed E-state index contributed by atoms with van der Waals surface area (Å²) in [6, 6.07) is 16.9. The third-order valence-corrected chi connectivity index (χ3v) is 8.24. The molecule has 1 unspecified atom stereocenters. The van der Waals surface area contributed by atoms with E-state index in [1.807, 2.05) is 66.7 Å². The predicted molar refractivity (Wildman–Crippen MR) is 137 cm³/mol. The summed E-state index contributed by atoms with van der Waals surface area (Å²) in [4.78, 5) is 45.2. The van der Waals surface area contributed by atoms with Gasteiger partial charge in [-0.25, -0.2) is 0 Å². The van der Waals surface area contributed by atoms with Gasteiger partial charge < -0.3 is 24.4 Å². The molecule has 0 bridgehead atoms. The van der Waals surface area contributed by atoms with Crippen molar-refractivity contribution in [3.05, 3.63) is 96.1 Å². The minimum absolute atomic E-state index is 0.0955. The zero-order chi connectivity index (χ0) is 26.5. The molecule has 1 N–H and O–H groups in total. The van der Waals surface area contributed by atoms with E-state index in [-0.39, 0.29) is 12.5 Å². The van der Waals surface area contributed by atoms with Gasteiger partial charge in [0.1, 0.15) is 24.2 Å². The third-order valence-electron chi connectivity index (χ3n) is 8.24. The van der Waals surface area contributed by atoms with Crippen LogP contribution in [0.3, 0.4) is 0 Å². The van der Waals surface area contributed by atoms with E-state index >= 15 is 0 Å². The largest absolute Gasteiger partial charge is 0.461 e. The topological polar surface area (TPSA) is 96.4 Å². The number of hydrogen-bond donors (Lipinski definition) is 1. The molecule has 8 nitrogen and oxygen atoms in total. The molecule has 0 aliphatic carbocycles. The van der Waals surface area contributed by atoms with Crippen LogP contribution in [0.25, 0.3) is 0 Å². The van der Waals surface area contributed by atoms with Crippen LogP contribution in [0.15, 0.2) is 85.0 Å². The Bertz CT molecular complexity index is 1310. The number of fused-ring (bicyclic) bond motifs is 2. The third kappa shape index (κ3) is 3.62. The van der Waals surface area contributed by atoms with Crippen LogP contribution in [-0.2, 0) is 30.4 Å². The van der Waals surface area contributed by atoms with Gasteiger partial charge in [0.05, 0.1) is 24.2 Å². The number of aliphatic hydroxyl groups is 1. The first kappa shape index (κ1) is 24.6. The van der Waals surface area contributed by atoms with Gasteiger partial charge in [0.15, 0.2) is 0 Å². The Morgan fingerprint density at radius 1 is 0.947 bits per heavy atom. The lowest BCUT2D eigenvalue weighted by molar-refractivity contribution is -0.160. The maximum Gasteiger partial charge on any atom is 0.313 e. The van der Waals surface area contributed by atoms with Gasteiger partial charge in [-0.2, -0.15) is 0 Å². The number of esters is 1. The van der Waals surface area contributed by atoms with E-state index in [1.165, 1.54) is 4.90 Å². The number of benzene rings is 2. The average Bonchev–Trinajstić information content (AvgIpc) is 3.19. The molecule has 1 spiro atoms. The predicted octanol–water partition coefficient (Wildman–Crippen LogP) is 2.40. The second kappa shape index (κ2) is 9.22. The van der Waals surface area contributed by atoms with E-state index < -0.39 is 53.6 Å². The van der Waals surface area contributed by atoms with Crippen LogP contribution < -0.4 is 0 Å². The van der Waals surface area contributed by atoms with Crippen molar-refractivity contribution in [3.63, 3.8) is 0 Å². The van der Waals surface area contributed by atoms with Crippen molar-refractivity contribution in [3.8, 4) is 0 Å². The molecule has 0 aromatic heterocycles. The van der Waals surface area contributed by atoms with Gasteiger partial charge in [0.2, 0.25) is 11.8 Å². The van der Waals surface area contributed by atoms with E-state index in [1.54, 1.807) is 30.1 Å². The van der Waals surface area contributed by atoms with Crippen molar-refractivity contribution in [1.82, 2.24) is 9.80 Å². The first-order valence-corrected chi connectivity index (χ1v) is 12.9. The molecule has 4 heterocycles. The Hall–Kier alpha value is -3.75. The van der Waals surface area contributed by atoms with Crippen molar-refractivity contribution in [2.45, 2.75) is 36.8 Å². The average molecular weight is 515 g/mol. The van der Waals surface area contributed by atoms with Crippen LogP contribution >= 0.6 is 0 Å². The minimum Gasteiger partial charge on any atom is -0.461 e. The molecule has 2 fully saturated rings. The lowest BCUT2D eigenvalue weighted by atomic mass is 9.75. The van der Waals surface area contributed by atoms with Gasteiger partial charge in [0, 0.05) is 13.1 Å². The lowest BCUT2D eigenvalue weighted by Crippen LogP contribution is -2.56. The fraction of sp³-hybridized carbons (Fsp3) is 0.367. The first-order chi connectivity index (χ1) is 18.4. The highest BCUT2D eigenvalue weighted by atomic mass is 16.6. The van der Waals surface area contributed by atoms with Crippen LogP contribution in [-0.4, -0.2) is 69.7 Å². The summed E-state index contributed by atoms with van der Waals surface area (Å²) in [6.07, 6.45) is 7.14. The summed E-state index contributed by atoms with van der Waals surface area (Å²) in [5.41, 5.74) is -0.878. The normalized spacial score (nSPS) is 32.8. The maximum atomic E-state index is 14.4. The summed E-state index contributed by atoms with van der Waals surface area (Å²) in [7, 11) is 0. The Morgan fingerprint density at radius 3 is 2.37 bits per heavy atom. The number of ether oxygens (including phenoxy) is 2. The molecule has 4 aliphatic heterocycles. The highest BCUT2D eigenvalue weighted by molar-refractivity contribution is 5.99. The molecular formula is C30H30N2O6. The Kier molecular flexibility index (Phi) is 5.96. The number of amides is 2. The van der Waals surface area contributed by atoms with Crippen molar-refractivity contribution in [2.24, 2.45) is 11.8 Å². The van der Waals surface area contributed by atoms with Gasteiger partial charge in [-0.3, -0.25) is 14.4 Å². The molecule has 6 atom stereocenters. The quantitative estimate of drug-likeness (QED) is 0.486.